The Morgan fingerprint density at radius 3 is 2.72 bits per heavy atom. The maximum atomic E-state index is 13.2. The Balaban J connectivity index is 1.40. The van der Waals surface area contributed by atoms with Crippen molar-refractivity contribution in [1.82, 2.24) is 9.88 Å². The highest BCUT2D eigenvalue weighted by molar-refractivity contribution is 7.13. The van der Waals surface area contributed by atoms with Crippen LogP contribution in [-0.4, -0.2) is 47.9 Å². The van der Waals surface area contributed by atoms with Crippen LogP contribution in [0.3, 0.4) is 0 Å². The zero-order chi connectivity index (χ0) is 22.5. The van der Waals surface area contributed by atoms with Crippen molar-refractivity contribution >= 4 is 28.3 Å². The van der Waals surface area contributed by atoms with Gasteiger partial charge in [0, 0.05) is 37.1 Å². The number of rotatable bonds is 6. The summed E-state index contributed by atoms with van der Waals surface area (Å²) < 4.78 is 5.81. The second-order valence-electron chi connectivity index (χ2n) is 7.75. The molecule has 2 amide bonds. The molecule has 3 aromatic rings. The third kappa shape index (κ3) is 5.08. The van der Waals surface area contributed by atoms with Crippen LogP contribution in [0.15, 0.2) is 53.9 Å². The molecule has 0 aliphatic carbocycles. The van der Waals surface area contributed by atoms with Gasteiger partial charge in [0.2, 0.25) is 0 Å². The van der Waals surface area contributed by atoms with Crippen molar-refractivity contribution in [3.63, 3.8) is 0 Å². The molecule has 2 heterocycles. The van der Waals surface area contributed by atoms with Gasteiger partial charge in [-0.25, -0.2) is 4.98 Å². The van der Waals surface area contributed by atoms with E-state index in [0.29, 0.717) is 30.0 Å². The molecule has 7 nitrogen and oxygen atoms in total. The normalized spacial score (nSPS) is 14.2. The van der Waals surface area contributed by atoms with Gasteiger partial charge in [0.1, 0.15) is 12.4 Å². The van der Waals surface area contributed by atoms with Crippen LogP contribution >= 0.6 is 11.3 Å². The number of para-hydroxylation sites is 1. The molecular formula is C24H26N4O3S. The largest absolute Gasteiger partial charge is 0.488 e. The van der Waals surface area contributed by atoms with E-state index in [1.54, 1.807) is 35.6 Å². The van der Waals surface area contributed by atoms with Crippen molar-refractivity contribution in [1.29, 1.82) is 0 Å². The van der Waals surface area contributed by atoms with E-state index in [-0.39, 0.29) is 12.5 Å². The molecular weight excluding hydrogens is 424 g/mol. The number of carbonyl (C=O) groups is 2. The third-order valence-corrected chi connectivity index (χ3v) is 6.40. The highest BCUT2D eigenvalue weighted by atomic mass is 32.1. The van der Waals surface area contributed by atoms with E-state index in [4.69, 9.17) is 10.5 Å². The van der Waals surface area contributed by atoms with E-state index < -0.39 is 5.91 Å². The minimum absolute atomic E-state index is 0.0153. The molecule has 0 unspecified atom stereocenters. The number of carbonyl (C=O) groups excluding carboxylic acids is 2. The first-order chi connectivity index (χ1) is 15.5. The summed E-state index contributed by atoms with van der Waals surface area (Å²) in [6, 6.07) is 14.3. The molecule has 1 aliphatic heterocycles. The highest BCUT2D eigenvalue weighted by Gasteiger charge is 2.22. The first kappa shape index (κ1) is 21.8. The number of aromatic nitrogens is 1. The van der Waals surface area contributed by atoms with Crippen LogP contribution in [0.25, 0.3) is 0 Å². The first-order valence-corrected chi connectivity index (χ1v) is 11.5. The van der Waals surface area contributed by atoms with Crippen molar-refractivity contribution in [2.24, 2.45) is 5.73 Å². The molecule has 2 aromatic carbocycles. The monoisotopic (exact) mass is 450 g/mol. The molecule has 166 valence electrons. The van der Waals surface area contributed by atoms with Crippen LogP contribution in [0.2, 0.25) is 0 Å². The number of anilines is 1. The lowest BCUT2D eigenvalue weighted by atomic mass is 10.1. The lowest BCUT2D eigenvalue weighted by Crippen LogP contribution is -2.35. The number of amides is 2. The molecule has 0 spiro atoms. The summed E-state index contributed by atoms with van der Waals surface area (Å²) in [4.78, 5) is 33.5. The Labute approximate surface area is 191 Å². The smallest absolute Gasteiger partial charge is 0.253 e. The zero-order valence-electron chi connectivity index (χ0n) is 18.0. The number of aryl methyl sites for hydroxylation is 1. The van der Waals surface area contributed by atoms with E-state index in [1.807, 2.05) is 36.1 Å². The van der Waals surface area contributed by atoms with E-state index in [2.05, 4.69) is 15.3 Å². The number of nitrogens with zero attached hydrogens (tertiary/aromatic N) is 3. The molecule has 0 radical (unpaired) electrons. The predicted molar refractivity (Wildman–Crippen MR) is 125 cm³/mol. The van der Waals surface area contributed by atoms with Crippen molar-refractivity contribution in [2.75, 3.05) is 31.1 Å². The SMILES string of the molecule is Cc1csc(N2CCCN(C(=O)c3cccc(COc4ccccc4C(N)=O)c3)CC2)n1. The fourth-order valence-electron chi connectivity index (χ4n) is 3.73. The van der Waals surface area contributed by atoms with Crippen molar-refractivity contribution in [3.8, 4) is 5.75 Å². The van der Waals surface area contributed by atoms with E-state index >= 15 is 0 Å². The number of thiazole rings is 1. The number of primary amides is 1. The molecule has 1 saturated heterocycles. The number of hydrogen-bond donors (Lipinski definition) is 1. The lowest BCUT2D eigenvalue weighted by molar-refractivity contribution is 0.0766. The third-order valence-electron chi connectivity index (χ3n) is 5.38. The quantitative estimate of drug-likeness (QED) is 0.621. The Morgan fingerprint density at radius 2 is 1.94 bits per heavy atom. The van der Waals surface area contributed by atoms with Crippen LogP contribution in [0, 0.1) is 6.92 Å². The highest BCUT2D eigenvalue weighted by Crippen LogP contribution is 2.22. The minimum atomic E-state index is -0.535. The van der Waals surface area contributed by atoms with Gasteiger partial charge in [0.05, 0.1) is 11.3 Å². The molecule has 1 aromatic heterocycles. The Kier molecular flexibility index (Phi) is 6.70. The van der Waals surface area contributed by atoms with Gasteiger partial charge in [0.15, 0.2) is 5.13 Å². The van der Waals surface area contributed by atoms with Crippen LogP contribution in [0.5, 0.6) is 5.75 Å². The van der Waals surface area contributed by atoms with Gasteiger partial charge in [0.25, 0.3) is 11.8 Å². The maximum Gasteiger partial charge on any atom is 0.253 e. The molecule has 0 atom stereocenters. The van der Waals surface area contributed by atoms with Gasteiger partial charge >= 0.3 is 0 Å². The number of ether oxygens (including phenoxy) is 1. The summed E-state index contributed by atoms with van der Waals surface area (Å²) in [6.07, 6.45) is 0.900. The first-order valence-electron chi connectivity index (χ1n) is 10.6. The van der Waals surface area contributed by atoms with Crippen molar-refractivity contribution in [2.45, 2.75) is 20.0 Å². The van der Waals surface area contributed by atoms with Gasteiger partial charge in [-0.05, 0) is 43.2 Å². The standard InChI is InChI=1S/C24H26N4O3S/c1-17-16-32-24(26-17)28-11-5-10-27(12-13-28)23(30)19-7-4-6-18(14-19)15-31-21-9-3-2-8-20(21)22(25)29/h2-4,6-9,14,16H,5,10-13,15H2,1H3,(H2,25,29). The van der Waals surface area contributed by atoms with Gasteiger partial charge < -0.3 is 20.3 Å². The Morgan fingerprint density at radius 1 is 1.09 bits per heavy atom. The number of benzene rings is 2. The number of nitrogens with two attached hydrogens (primary N) is 1. The lowest BCUT2D eigenvalue weighted by Gasteiger charge is -2.22. The van der Waals surface area contributed by atoms with Crippen LogP contribution in [0.1, 0.15) is 38.4 Å². The van der Waals surface area contributed by atoms with Crippen LogP contribution < -0.4 is 15.4 Å². The van der Waals surface area contributed by atoms with Gasteiger partial charge in [-0.1, -0.05) is 24.3 Å². The molecule has 32 heavy (non-hydrogen) atoms. The molecule has 4 rings (SSSR count). The fourth-order valence-corrected chi connectivity index (χ4v) is 4.59. The zero-order valence-corrected chi connectivity index (χ0v) is 18.8. The van der Waals surface area contributed by atoms with E-state index in [9.17, 15) is 9.59 Å². The van der Waals surface area contributed by atoms with Crippen LogP contribution in [0.4, 0.5) is 5.13 Å². The molecule has 2 N–H and O–H groups in total. The summed E-state index contributed by atoms with van der Waals surface area (Å²) in [6.45, 7) is 5.27. The van der Waals surface area contributed by atoms with Gasteiger partial charge in [-0.15, -0.1) is 11.3 Å². The number of hydrogen-bond acceptors (Lipinski definition) is 6. The average molecular weight is 451 g/mol. The van der Waals surface area contributed by atoms with Gasteiger partial charge in [-0.3, -0.25) is 9.59 Å². The predicted octanol–water partition coefficient (Wildman–Crippen LogP) is 3.48. The average Bonchev–Trinajstić information content (AvgIpc) is 3.09. The molecule has 0 bridgehead atoms. The van der Waals surface area contributed by atoms with E-state index in [1.165, 1.54) is 0 Å². The fraction of sp³-hybridized carbons (Fsp3) is 0.292. The van der Waals surface area contributed by atoms with Crippen LogP contribution in [-0.2, 0) is 6.61 Å². The van der Waals surface area contributed by atoms with Gasteiger partial charge in [-0.2, -0.15) is 0 Å². The molecule has 1 aliphatic rings. The topological polar surface area (TPSA) is 88.8 Å². The maximum absolute atomic E-state index is 13.2. The summed E-state index contributed by atoms with van der Waals surface area (Å²) in [5.74, 6) is -0.0871. The molecule has 0 saturated carbocycles. The second kappa shape index (κ2) is 9.82. The minimum Gasteiger partial charge on any atom is -0.488 e. The molecule has 1 fully saturated rings. The summed E-state index contributed by atoms with van der Waals surface area (Å²) in [7, 11) is 0. The van der Waals surface area contributed by atoms with Crippen molar-refractivity contribution < 1.29 is 14.3 Å². The van der Waals surface area contributed by atoms with E-state index in [0.717, 1.165) is 35.9 Å². The Bertz CT molecular complexity index is 1110. The molecule has 8 heteroatoms. The summed E-state index contributed by atoms with van der Waals surface area (Å²) in [5.41, 5.74) is 8.26. The van der Waals surface area contributed by atoms with Crippen molar-refractivity contribution in [3.05, 3.63) is 76.3 Å². The Hall–Kier alpha value is -3.39. The second-order valence-corrected chi connectivity index (χ2v) is 8.59. The summed E-state index contributed by atoms with van der Waals surface area (Å²) in [5, 5.41) is 3.07. The summed E-state index contributed by atoms with van der Waals surface area (Å²) >= 11 is 1.65.